The second kappa shape index (κ2) is 5.59. The Labute approximate surface area is 102 Å². The lowest BCUT2D eigenvalue weighted by molar-refractivity contribution is -0.873. The second-order valence-corrected chi connectivity index (χ2v) is 6.21. The van der Waals surface area contributed by atoms with Crippen LogP contribution < -0.4 is 0 Å². The van der Waals surface area contributed by atoms with Crippen molar-refractivity contribution in [2.45, 2.75) is 25.7 Å². The molecule has 0 radical (unpaired) electrons. The summed E-state index contributed by atoms with van der Waals surface area (Å²) < 4.78 is 44.9. The molecule has 0 bridgehead atoms. The standard InChI is InChI=1S/C9H20NO2.H2O4S/c1-9(2)11-7-8(12-9)6-10(3,4)5;1-5(2,3)4/h8H,6-7H2,1-5H3;(H2,1,2,3,4)/q+1;/p-1. The lowest BCUT2D eigenvalue weighted by Gasteiger charge is -2.27. The predicted octanol–water partition coefficient (Wildman–Crippen LogP) is -0.151. The maximum Gasteiger partial charge on any atom is 0.215 e. The fourth-order valence-corrected chi connectivity index (χ4v) is 1.46. The van der Waals surface area contributed by atoms with Crippen LogP contribution in [0.2, 0.25) is 0 Å². The van der Waals surface area contributed by atoms with Gasteiger partial charge in [-0.3, -0.25) is 4.55 Å². The SMILES string of the molecule is CC1(C)OCC(C[N+](C)(C)C)O1.O=S(=O)([O-])O. The van der Waals surface area contributed by atoms with Gasteiger partial charge in [0.2, 0.25) is 10.4 Å². The van der Waals surface area contributed by atoms with E-state index in [1.165, 1.54) is 0 Å². The number of nitrogens with zero attached hydrogens (tertiary/aromatic N) is 1. The third-order valence-electron chi connectivity index (χ3n) is 1.82. The summed E-state index contributed by atoms with van der Waals surface area (Å²) in [5.41, 5.74) is 0. The summed E-state index contributed by atoms with van der Waals surface area (Å²) >= 11 is 0. The molecule has 1 aliphatic heterocycles. The summed E-state index contributed by atoms with van der Waals surface area (Å²) in [6.45, 7) is 5.65. The Bertz CT molecular complexity index is 324. The van der Waals surface area contributed by atoms with Crippen LogP contribution in [0, 0.1) is 0 Å². The first kappa shape index (κ1) is 16.8. The lowest BCUT2D eigenvalue weighted by Crippen LogP contribution is -2.42. The normalized spacial score (nSPS) is 24.1. The molecule has 104 valence electrons. The molecule has 1 fully saturated rings. The van der Waals surface area contributed by atoms with Crippen LogP contribution in [-0.4, -0.2) is 68.2 Å². The fourth-order valence-electron chi connectivity index (χ4n) is 1.46. The smallest absolute Gasteiger partial charge is 0.215 e. The largest absolute Gasteiger partial charge is 0.726 e. The zero-order valence-electron chi connectivity index (χ0n) is 10.8. The quantitative estimate of drug-likeness (QED) is 0.426. The van der Waals surface area contributed by atoms with Crippen molar-refractivity contribution in [2.75, 3.05) is 34.3 Å². The molecule has 1 aliphatic rings. The Kier molecular flexibility index (Phi) is 5.51. The first-order valence-corrected chi connectivity index (χ1v) is 6.45. The van der Waals surface area contributed by atoms with Crippen molar-refractivity contribution in [1.29, 1.82) is 0 Å². The zero-order chi connectivity index (χ0) is 13.9. The van der Waals surface area contributed by atoms with Crippen molar-refractivity contribution in [3.63, 3.8) is 0 Å². The Balaban J connectivity index is 0.000000437. The number of hydrogen-bond donors (Lipinski definition) is 1. The molecule has 0 spiro atoms. The molecule has 0 aromatic rings. The van der Waals surface area contributed by atoms with E-state index < -0.39 is 10.4 Å². The molecular formula is C9H21NO6S. The molecule has 0 aromatic carbocycles. The number of quaternary nitrogens is 1. The van der Waals surface area contributed by atoms with Crippen LogP contribution >= 0.6 is 0 Å². The van der Waals surface area contributed by atoms with Crippen molar-refractivity contribution < 1.29 is 31.5 Å². The van der Waals surface area contributed by atoms with Gasteiger partial charge in [-0.2, -0.15) is 0 Å². The van der Waals surface area contributed by atoms with Crippen LogP contribution in [0.5, 0.6) is 0 Å². The van der Waals surface area contributed by atoms with Gasteiger partial charge < -0.3 is 18.5 Å². The Hall–Kier alpha value is -0.250. The van der Waals surface area contributed by atoms with E-state index in [4.69, 9.17) is 27.0 Å². The van der Waals surface area contributed by atoms with E-state index in [1.54, 1.807) is 0 Å². The highest BCUT2D eigenvalue weighted by molar-refractivity contribution is 7.79. The van der Waals surface area contributed by atoms with Crippen molar-refractivity contribution >= 4 is 10.4 Å². The van der Waals surface area contributed by atoms with Gasteiger partial charge in [-0.25, -0.2) is 8.42 Å². The minimum atomic E-state index is -4.92. The van der Waals surface area contributed by atoms with Gasteiger partial charge in [-0.15, -0.1) is 0 Å². The van der Waals surface area contributed by atoms with Crippen molar-refractivity contribution in [3.05, 3.63) is 0 Å². The molecule has 17 heavy (non-hydrogen) atoms. The Morgan fingerprint density at radius 1 is 1.41 bits per heavy atom. The third-order valence-corrected chi connectivity index (χ3v) is 1.82. The Morgan fingerprint density at radius 3 is 2.06 bits per heavy atom. The minimum Gasteiger partial charge on any atom is -0.726 e. The number of likely N-dealkylation sites (N-methyl/N-ethyl adjacent to an activating group) is 1. The van der Waals surface area contributed by atoms with Crippen LogP contribution in [0.25, 0.3) is 0 Å². The van der Waals surface area contributed by atoms with Gasteiger partial charge in [0, 0.05) is 0 Å². The maximum atomic E-state index is 8.63. The molecule has 1 rings (SSSR count). The highest BCUT2D eigenvalue weighted by Gasteiger charge is 2.35. The fraction of sp³-hybridized carbons (Fsp3) is 1.00. The van der Waals surface area contributed by atoms with E-state index in [2.05, 4.69) is 21.1 Å². The lowest BCUT2D eigenvalue weighted by atomic mass is 10.3. The van der Waals surface area contributed by atoms with E-state index >= 15 is 0 Å². The van der Waals surface area contributed by atoms with E-state index in [0.717, 1.165) is 17.6 Å². The van der Waals surface area contributed by atoms with Crippen LogP contribution in [0.15, 0.2) is 0 Å². The van der Waals surface area contributed by atoms with Gasteiger partial charge in [-0.1, -0.05) is 0 Å². The summed E-state index contributed by atoms with van der Waals surface area (Å²) in [6.07, 6.45) is 0.250. The summed E-state index contributed by atoms with van der Waals surface area (Å²) in [6, 6.07) is 0. The van der Waals surface area contributed by atoms with Gasteiger partial charge in [0.05, 0.1) is 27.7 Å². The zero-order valence-corrected chi connectivity index (χ0v) is 11.7. The summed E-state index contributed by atoms with van der Waals surface area (Å²) in [7, 11) is 1.57. The summed E-state index contributed by atoms with van der Waals surface area (Å²) in [5.74, 6) is -0.375. The molecule has 1 saturated heterocycles. The minimum absolute atomic E-state index is 0.250. The van der Waals surface area contributed by atoms with Gasteiger partial charge in [0.25, 0.3) is 0 Å². The predicted molar refractivity (Wildman–Crippen MR) is 60.1 cm³/mol. The van der Waals surface area contributed by atoms with Crippen LogP contribution in [0.3, 0.4) is 0 Å². The van der Waals surface area contributed by atoms with E-state index in [9.17, 15) is 0 Å². The molecule has 0 aromatic heterocycles. The molecule has 1 atom stereocenters. The average Bonchev–Trinajstić information content (AvgIpc) is 2.21. The number of hydrogen-bond acceptors (Lipinski definition) is 5. The van der Waals surface area contributed by atoms with Gasteiger partial charge >= 0.3 is 0 Å². The number of ether oxygens (including phenoxy) is 2. The van der Waals surface area contributed by atoms with Crippen molar-refractivity contribution in [3.8, 4) is 0 Å². The maximum absolute atomic E-state index is 8.63. The van der Waals surface area contributed by atoms with E-state index in [1.807, 2.05) is 13.8 Å². The van der Waals surface area contributed by atoms with E-state index in [0.29, 0.717) is 0 Å². The molecule has 0 aliphatic carbocycles. The van der Waals surface area contributed by atoms with Crippen LogP contribution in [0.1, 0.15) is 13.8 Å². The molecule has 7 nitrogen and oxygen atoms in total. The molecule has 0 saturated carbocycles. The molecule has 1 unspecified atom stereocenters. The molecule has 8 heteroatoms. The van der Waals surface area contributed by atoms with Crippen molar-refractivity contribution in [2.24, 2.45) is 0 Å². The van der Waals surface area contributed by atoms with Gasteiger partial charge in [0.15, 0.2) is 5.79 Å². The molecule has 1 heterocycles. The molecular weight excluding hydrogens is 250 g/mol. The second-order valence-electron chi connectivity index (χ2n) is 5.35. The highest BCUT2D eigenvalue weighted by Crippen LogP contribution is 2.23. The average molecular weight is 271 g/mol. The van der Waals surface area contributed by atoms with Gasteiger partial charge in [-0.05, 0) is 13.8 Å². The molecule has 1 N–H and O–H groups in total. The first-order chi connectivity index (χ1) is 7.29. The topological polar surface area (TPSA) is 95.9 Å². The van der Waals surface area contributed by atoms with Gasteiger partial charge in [0.1, 0.15) is 12.6 Å². The van der Waals surface area contributed by atoms with Crippen molar-refractivity contribution in [1.82, 2.24) is 0 Å². The van der Waals surface area contributed by atoms with Crippen LogP contribution in [-0.2, 0) is 19.9 Å². The summed E-state index contributed by atoms with van der Waals surface area (Å²) in [5, 5.41) is 0. The third kappa shape index (κ3) is 12.0. The Morgan fingerprint density at radius 2 is 1.82 bits per heavy atom. The monoisotopic (exact) mass is 271 g/mol. The first-order valence-electron chi connectivity index (χ1n) is 5.09. The molecule has 0 amide bonds. The highest BCUT2D eigenvalue weighted by atomic mass is 32.3. The van der Waals surface area contributed by atoms with E-state index in [-0.39, 0.29) is 11.9 Å². The number of rotatable bonds is 2. The summed E-state index contributed by atoms with van der Waals surface area (Å²) in [4.78, 5) is 0. The van der Waals surface area contributed by atoms with Crippen LogP contribution in [0.4, 0.5) is 0 Å².